The molecule has 0 radical (unpaired) electrons. The van der Waals surface area contributed by atoms with Crippen molar-refractivity contribution in [3.05, 3.63) is 54.2 Å². The molecule has 0 saturated carbocycles. The first-order valence-corrected chi connectivity index (χ1v) is 6.70. The molecule has 5 nitrogen and oxygen atoms in total. The number of fused-ring (bicyclic) bond motifs is 1. The molecule has 0 aliphatic carbocycles. The highest BCUT2D eigenvalue weighted by Gasteiger charge is 2.07. The summed E-state index contributed by atoms with van der Waals surface area (Å²) in [6.07, 6.45) is 0. The van der Waals surface area contributed by atoms with Gasteiger partial charge in [-0.15, -0.1) is 0 Å². The number of para-hydroxylation sites is 1. The molecule has 106 valence electrons. The number of hydrogen-bond donors (Lipinski definition) is 2. The highest BCUT2D eigenvalue weighted by molar-refractivity contribution is 6.01. The second-order valence-corrected chi connectivity index (χ2v) is 4.89. The fourth-order valence-electron chi connectivity index (χ4n) is 2.22. The van der Waals surface area contributed by atoms with E-state index >= 15 is 0 Å². The van der Waals surface area contributed by atoms with E-state index in [1.807, 2.05) is 67.2 Å². The minimum atomic E-state index is -0.270. The van der Waals surface area contributed by atoms with E-state index in [0.29, 0.717) is 5.69 Å². The molecule has 2 aromatic carbocycles. The second kappa shape index (κ2) is 5.28. The lowest BCUT2D eigenvalue weighted by Gasteiger charge is -2.07. The number of nitrogens with zero attached hydrogens (tertiary/aromatic N) is 2. The van der Waals surface area contributed by atoms with E-state index in [4.69, 9.17) is 0 Å². The van der Waals surface area contributed by atoms with Crippen molar-refractivity contribution in [2.24, 2.45) is 7.05 Å². The van der Waals surface area contributed by atoms with Gasteiger partial charge in [-0.3, -0.25) is 4.68 Å². The average Bonchev–Trinajstić information content (AvgIpc) is 2.74. The zero-order valence-electron chi connectivity index (χ0n) is 11.9. The minimum absolute atomic E-state index is 0.270. The van der Waals surface area contributed by atoms with E-state index in [0.717, 1.165) is 22.3 Å². The first kappa shape index (κ1) is 13.2. The third-order valence-corrected chi connectivity index (χ3v) is 3.42. The monoisotopic (exact) mass is 280 g/mol. The number of anilines is 2. The molecule has 0 aliphatic rings. The van der Waals surface area contributed by atoms with Crippen LogP contribution in [0.25, 0.3) is 10.9 Å². The first-order valence-electron chi connectivity index (χ1n) is 6.70. The van der Waals surface area contributed by atoms with Crippen LogP contribution in [0.1, 0.15) is 5.69 Å². The van der Waals surface area contributed by atoms with Crippen LogP contribution >= 0.6 is 0 Å². The lowest BCUT2D eigenvalue weighted by molar-refractivity contribution is 0.262. The maximum atomic E-state index is 11.9. The van der Waals surface area contributed by atoms with Crippen LogP contribution in [0.3, 0.4) is 0 Å². The summed E-state index contributed by atoms with van der Waals surface area (Å²) in [4.78, 5) is 11.9. The van der Waals surface area contributed by atoms with E-state index in [1.54, 1.807) is 0 Å². The van der Waals surface area contributed by atoms with E-state index in [1.165, 1.54) is 0 Å². The number of urea groups is 1. The van der Waals surface area contributed by atoms with E-state index in [2.05, 4.69) is 15.7 Å². The molecule has 0 spiro atoms. The van der Waals surface area contributed by atoms with Crippen molar-refractivity contribution in [2.75, 3.05) is 10.6 Å². The average molecular weight is 280 g/mol. The summed E-state index contributed by atoms with van der Waals surface area (Å²) in [6, 6.07) is 14.8. The lowest BCUT2D eigenvalue weighted by Crippen LogP contribution is -2.19. The van der Waals surface area contributed by atoms with Crippen LogP contribution in [-0.4, -0.2) is 15.8 Å². The Morgan fingerprint density at radius 1 is 1.05 bits per heavy atom. The van der Waals surface area contributed by atoms with Crippen LogP contribution in [0.4, 0.5) is 16.2 Å². The van der Waals surface area contributed by atoms with Gasteiger partial charge in [-0.2, -0.15) is 5.10 Å². The maximum absolute atomic E-state index is 11.9. The van der Waals surface area contributed by atoms with E-state index in [-0.39, 0.29) is 6.03 Å². The Morgan fingerprint density at radius 2 is 1.76 bits per heavy atom. The van der Waals surface area contributed by atoms with Gasteiger partial charge >= 0.3 is 6.03 Å². The number of amides is 2. The molecule has 0 unspecified atom stereocenters. The Kier molecular flexibility index (Phi) is 3.31. The molecule has 0 saturated heterocycles. The second-order valence-electron chi connectivity index (χ2n) is 4.89. The molecule has 2 N–H and O–H groups in total. The zero-order valence-corrected chi connectivity index (χ0v) is 11.9. The standard InChI is InChI=1S/C16H16N4O/c1-11-14-9-8-13(10-15(14)19-20(11)2)18-16(21)17-12-6-4-3-5-7-12/h3-10H,1-2H3,(H2,17,18,21). The van der Waals surface area contributed by atoms with Gasteiger partial charge in [-0.1, -0.05) is 18.2 Å². The van der Waals surface area contributed by atoms with Crippen LogP contribution in [0.5, 0.6) is 0 Å². The van der Waals surface area contributed by atoms with Gasteiger partial charge in [-0.05, 0) is 37.3 Å². The van der Waals surface area contributed by atoms with Crippen molar-refractivity contribution >= 4 is 28.3 Å². The van der Waals surface area contributed by atoms with E-state index < -0.39 is 0 Å². The molecule has 1 aromatic heterocycles. The molecule has 2 amide bonds. The minimum Gasteiger partial charge on any atom is -0.308 e. The van der Waals surface area contributed by atoms with Gasteiger partial charge in [0.2, 0.25) is 0 Å². The SMILES string of the molecule is Cc1c2ccc(NC(=O)Nc3ccccc3)cc2nn1C. The summed E-state index contributed by atoms with van der Waals surface area (Å²) < 4.78 is 1.83. The Hall–Kier alpha value is -2.82. The fourth-order valence-corrected chi connectivity index (χ4v) is 2.22. The van der Waals surface area contributed by atoms with Crippen molar-refractivity contribution in [1.29, 1.82) is 0 Å². The summed E-state index contributed by atoms with van der Waals surface area (Å²) in [5, 5.41) is 11.1. The molecule has 0 atom stereocenters. The molecule has 3 rings (SSSR count). The van der Waals surface area contributed by atoms with Gasteiger partial charge in [0, 0.05) is 29.5 Å². The molecule has 3 aromatic rings. The molecular formula is C16H16N4O. The number of carbonyl (C=O) groups excluding carboxylic acids is 1. The summed E-state index contributed by atoms with van der Waals surface area (Å²) in [5.41, 5.74) is 3.44. The Balaban J connectivity index is 1.77. The highest BCUT2D eigenvalue weighted by Crippen LogP contribution is 2.21. The maximum Gasteiger partial charge on any atom is 0.323 e. The smallest absolute Gasteiger partial charge is 0.308 e. The molecule has 5 heteroatoms. The largest absolute Gasteiger partial charge is 0.323 e. The molecule has 1 heterocycles. The predicted octanol–water partition coefficient (Wildman–Crippen LogP) is 3.53. The van der Waals surface area contributed by atoms with E-state index in [9.17, 15) is 4.79 Å². The van der Waals surface area contributed by atoms with Crippen LogP contribution in [0.15, 0.2) is 48.5 Å². The lowest BCUT2D eigenvalue weighted by atomic mass is 10.2. The van der Waals surface area contributed by atoms with Crippen LogP contribution < -0.4 is 10.6 Å². The molecule has 0 fully saturated rings. The normalized spacial score (nSPS) is 10.6. The molecule has 0 aliphatic heterocycles. The van der Waals surface area contributed by atoms with Crippen molar-refractivity contribution in [3.8, 4) is 0 Å². The number of hydrogen-bond acceptors (Lipinski definition) is 2. The number of nitrogens with one attached hydrogen (secondary N) is 2. The quantitative estimate of drug-likeness (QED) is 0.754. The summed E-state index contributed by atoms with van der Waals surface area (Å²) >= 11 is 0. The number of rotatable bonds is 2. The van der Waals surface area contributed by atoms with Crippen LogP contribution in [-0.2, 0) is 7.05 Å². The number of aromatic nitrogens is 2. The highest BCUT2D eigenvalue weighted by atomic mass is 16.2. The molecule has 0 bridgehead atoms. The fraction of sp³-hybridized carbons (Fsp3) is 0.125. The van der Waals surface area contributed by atoms with Crippen molar-refractivity contribution in [2.45, 2.75) is 6.92 Å². The Labute approximate surface area is 122 Å². The number of aryl methyl sites for hydroxylation is 2. The van der Waals surface area contributed by atoms with Gasteiger partial charge in [0.25, 0.3) is 0 Å². The van der Waals surface area contributed by atoms with Gasteiger partial charge in [0.15, 0.2) is 0 Å². The zero-order chi connectivity index (χ0) is 14.8. The topological polar surface area (TPSA) is 59.0 Å². The van der Waals surface area contributed by atoms with Crippen molar-refractivity contribution < 1.29 is 4.79 Å². The summed E-state index contributed by atoms with van der Waals surface area (Å²) in [5.74, 6) is 0. The Morgan fingerprint density at radius 3 is 2.52 bits per heavy atom. The van der Waals surface area contributed by atoms with Crippen LogP contribution in [0.2, 0.25) is 0 Å². The Bertz CT molecular complexity index is 793. The summed E-state index contributed by atoms with van der Waals surface area (Å²) in [6.45, 7) is 2.02. The predicted molar refractivity (Wildman–Crippen MR) is 84.5 cm³/mol. The third-order valence-electron chi connectivity index (χ3n) is 3.42. The van der Waals surface area contributed by atoms with Crippen molar-refractivity contribution in [3.63, 3.8) is 0 Å². The summed E-state index contributed by atoms with van der Waals surface area (Å²) in [7, 11) is 1.91. The van der Waals surface area contributed by atoms with Crippen LogP contribution in [0, 0.1) is 6.92 Å². The first-order chi connectivity index (χ1) is 10.1. The molecular weight excluding hydrogens is 264 g/mol. The van der Waals surface area contributed by atoms with Gasteiger partial charge in [0.1, 0.15) is 0 Å². The van der Waals surface area contributed by atoms with Crippen molar-refractivity contribution in [1.82, 2.24) is 9.78 Å². The third kappa shape index (κ3) is 2.72. The van der Waals surface area contributed by atoms with Gasteiger partial charge in [0.05, 0.1) is 5.52 Å². The van der Waals surface area contributed by atoms with Gasteiger partial charge in [-0.25, -0.2) is 4.79 Å². The number of carbonyl (C=O) groups is 1. The number of benzene rings is 2. The molecule has 21 heavy (non-hydrogen) atoms. The van der Waals surface area contributed by atoms with Gasteiger partial charge < -0.3 is 10.6 Å².